The fraction of sp³-hybridized carbons (Fsp3) is 0.231. The summed E-state index contributed by atoms with van der Waals surface area (Å²) in [6.45, 7) is 0.530. The second kappa shape index (κ2) is 9.07. The molecular weight excluding hydrogens is 514 g/mol. The Morgan fingerprint density at radius 2 is 1.58 bits per heavy atom. The highest BCUT2D eigenvalue weighted by Crippen LogP contribution is 2.33. The number of aliphatic hydroxyl groups is 1. The zero-order valence-corrected chi connectivity index (χ0v) is 20.4. The van der Waals surface area contributed by atoms with Gasteiger partial charge in [0, 0.05) is 11.1 Å². The number of aromatic nitrogens is 5. The van der Waals surface area contributed by atoms with Crippen LogP contribution in [0.3, 0.4) is 0 Å². The van der Waals surface area contributed by atoms with Gasteiger partial charge >= 0.3 is 5.76 Å². The zero-order chi connectivity index (χ0) is 25.8. The van der Waals surface area contributed by atoms with Crippen molar-refractivity contribution in [2.75, 3.05) is 13.2 Å². The predicted molar refractivity (Wildman–Crippen MR) is 136 cm³/mol. The Morgan fingerprint density at radius 1 is 0.895 bits per heavy atom. The fourth-order valence-corrected chi connectivity index (χ4v) is 5.10. The number of hydrogen-bond acceptors (Lipinski definition) is 9. The number of aromatic amines is 2. The number of hydrogen-bond donors (Lipinski definition) is 3. The summed E-state index contributed by atoms with van der Waals surface area (Å²) in [6.07, 6.45) is -1.76. The van der Waals surface area contributed by atoms with Gasteiger partial charge in [-0.05, 0) is 17.2 Å². The van der Waals surface area contributed by atoms with Crippen LogP contribution in [0.25, 0.3) is 44.9 Å². The van der Waals surface area contributed by atoms with Gasteiger partial charge in [0.25, 0.3) is 6.01 Å². The van der Waals surface area contributed by atoms with Crippen LogP contribution in [0.5, 0.6) is 6.01 Å². The predicted octanol–water partition coefficient (Wildman–Crippen LogP) is 3.19. The number of aliphatic hydroxyl groups excluding tert-OH is 1. The van der Waals surface area contributed by atoms with Gasteiger partial charge in [-0.25, -0.2) is 9.78 Å². The van der Waals surface area contributed by atoms with Crippen molar-refractivity contribution in [2.45, 2.75) is 24.4 Å². The summed E-state index contributed by atoms with van der Waals surface area (Å²) in [7, 11) is 0. The molecule has 0 amide bonds. The molecule has 0 bridgehead atoms. The Morgan fingerprint density at radius 3 is 2.29 bits per heavy atom. The lowest BCUT2D eigenvalue weighted by molar-refractivity contribution is 0.00706. The highest BCUT2D eigenvalue weighted by Gasteiger charge is 2.48. The molecule has 3 aromatic heterocycles. The molecule has 5 heterocycles. The van der Waals surface area contributed by atoms with E-state index < -0.39 is 11.9 Å². The zero-order valence-electron chi connectivity index (χ0n) is 19.6. The van der Waals surface area contributed by atoms with E-state index in [0.717, 1.165) is 22.3 Å². The summed E-state index contributed by atoms with van der Waals surface area (Å²) < 4.78 is 21.8. The number of benzene rings is 2. The van der Waals surface area contributed by atoms with Crippen LogP contribution in [-0.4, -0.2) is 67.8 Å². The first-order valence-electron chi connectivity index (χ1n) is 11.9. The van der Waals surface area contributed by atoms with Crippen molar-refractivity contribution in [3.63, 3.8) is 0 Å². The molecule has 0 saturated carbocycles. The molecule has 0 aliphatic carbocycles. The Balaban J connectivity index is 1.11. The molecule has 4 atom stereocenters. The van der Waals surface area contributed by atoms with Gasteiger partial charge in [-0.2, -0.15) is 4.98 Å². The van der Waals surface area contributed by atoms with E-state index in [1.165, 1.54) is 0 Å². The number of halogens is 1. The van der Waals surface area contributed by atoms with Crippen molar-refractivity contribution in [3.8, 4) is 39.8 Å². The third-order valence-electron chi connectivity index (χ3n) is 6.74. The van der Waals surface area contributed by atoms with Crippen LogP contribution < -0.4 is 10.5 Å². The SMILES string of the molecule is O=c1[nH]c(-c2ccc(-c3ccc(-c4nc5nc(O[C@@H]6CO[C@H]7[C@@H]6OC[C@H]7O)[nH]c5cc4Cl)cc3)cc2)no1. The topological polar surface area (TPSA) is 148 Å². The quantitative estimate of drug-likeness (QED) is 0.309. The Labute approximate surface area is 219 Å². The van der Waals surface area contributed by atoms with Crippen molar-refractivity contribution in [1.29, 1.82) is 0 Å². The second-order valence-electron chi connectivity index (χ2n) is 9.15. The summed E-state index contributed by atoms with van der Waals surface area (Å²) in [5, 5.41) is 14.1. The van der Waals surface area contributed by atoms with Crippen LogP contribution in [0.15, 0.2) is 63.9 Å². The van der Waals surface area contributed by atoms with E-state index in [-0.39, 0.29) is 30.9 Å². The minimum absolute atomic E-state index is 0.227. The van der Waals surface area contributed by atoms with Gasteiger partial charge in [0.05, 0.1) is 29.4 Å². The molecular formula is C26H20ClN5O6. The Kier molecular flexibility index (Phi) is 5.51. The van der Waals surface area contributed by atoms with E-state index in [9.17, 15) is 9.90 Å². The first-order chi connectivity index (χ1) is 18.5. The number of rotatable bonds is 5. The molecule has 7 rings (SSSR count). The number of H-pyrrole nitrogens is 2. The summed E-state index contributed by atoms with van der Waals surface area (Å²) >= 11 is 6.58. The standard InChI is InChI=1S/C26H20ClN5O6/c27-16-9-17-24(30-25(28-17)37-19-11-36-21-18(33)10-35-22(19)21)29-20(16)14-5-1-12(2-6-14)13-3-7-15(8-4-13)23-31-26(34)38-32-23/h1-9,18-19,21-22,33H,10-11H2,(H,28,29,30)(H,31,32,34)/t18-,19-,21-,22-/m1/s1. The van der Waals surface area contributed by atoms with E-state index in [1.54, 1.807) is 6.07 Å². The molecule has 38 heavy (non-hydrogen) atoms. The van der Waals surface area contributed by atoms with Gasteiger partial charge in [-0.15, -0.1) is 0 Å². The maximum Gasteiger partial charge on any atom is 0.439 e. The van der Waals surface area contributed by atoms with Crippen molar-refractivity contribution in [1.82, 2.24) is 25.1 Å². The smallest absolute Gasteiger partial charge is 0.439 e. The average Bonchev–Trinajstić information content (AvgIpc) is 3.71. The number of imidazole rings is 1. The molecule has 2 fully saturated rings. The van der Waals surface area contributed by atoms with E-state index in [1.807, 2.05) is 48.5 Å². The van der Waals surface area contributed by atoms with Crippen LogP contribution in [0.4, 0.5) is 0 Å². The Hall–Kier alpha value is -4.03. The average molecular weight is 534 g/mol. The number of nitrogens with zero attached hydrogens (tertiary/aromatic N) is 3. The van der Waals surface area contributed by atoms with E-state index in [0.29, 0.717) is 34.3 Å². The van der Waals surface area contributed by atoms with Crippen LogP contribution in [0.1, 0.15) is 0 Å². The number of pyridine rings is 1. The lowest BCUT2D eigenvalue weighted by Crippen LogP contribution is -2.34. The van der Waals surface area contributed by atoms with Gasteiger partial charge < -0.3 is 24.3 Å². The first kappa shape index (κ1) is 23.1. The van der Waals surface area contributed by atoms with Crippen LogP contribution in [0.2, 0.25) is 5.02 Å². The lowest BCUT2D eigenvalue weighted by Gasteiger charge is -2.15. The van der Waals surface area contributed by atoms with Crippen molar-refractivity contribution < 1.29 is 23.8 Å². The molecule has 11 nitrogen and oxygen atoms in total. The fourth-order valence-electron chi connectivity index (χ4n) is 4.84. The summed E-state index contributed by atoms with van der Waals surface area (Å²) in [4.78, 5) is 26.0. The van der Waals surface area contributed by atoms with Gasteiger partial charge in [-0.3, -0.25) is 9.51 Å². The Bertz CT molecular complexity index is 1680. The monoisotopic (exact) mass is 533 g/mol. The summed E-state index contributed by atoms with van der Waals surface area (Å²) in [5.41, 5.74) is 5.28. The number of ether oxygens (including phenoxy) is 3. The van der Waals surface area contributed by atoms with Gasteiger partial charge in [0.1, 0.15) is 18.3 Å². The van der Waals surface area contributed by atoms with Gasteiger partial charge in [-0.1, -0.05) is 65.3 Å². The van der Waals surface area contributed by atoms with Crippen molar-refractivity contribution in [2.24, 2.45) is 0 Å². The van der Waals surface area contributed by atoms with Crippen molar-refractivity contribution >= 4 is 22.8 Å². The molecule has 0 spiro atoms. The molecule has 5 aromatic rings. The molecule has 0 unspecified atom stereocenters. The molecule has 2 saturated heterocycles. The molecule has 0 radical (unpaired) electrons. The molecule has 2 aromatic carbocycles. The molecule has 12 heteroatoms. The molecule has 3 N–H and O–H groups in total. The highest BCUT2D eigenvalue weighted by atomic mass is 35.5. The van der Waals surface area contributed by atoms with E-state index in [4.69, 9.17) is 25.8 Å². The summed E-state index contributed by atoms with van der Waals surface area (Å²) in [6, 6.07) is 17.5. The lowest BCUT2D eigenvalue weighted by atomic mass is 10.0. The minimum Gasteiger partial charge on any atom is -0.456 e. The highest BCUT2D eigenvalue weighted by molar-refractivity contribution is 6.33. The van der Waals surface area contributed by atoms with Crippen molar-refractivity contribution in [3.05, 3.63) is 70.2 Å². The maximum atomic E-state index is 11.2. The number of nitrogens with one attached hydrogen (secondary N) is 2. The normalized spacial score (nSPS) is 22.7. The minimum atomic E-state index is -0.649. The van der Waals surface area contributed by atoms with Crippen LogP contribution in [0, 0.1) is 0 Å². The van der Waals surface area contributed by atoms with E-state index in [2.05, 4.69) is 29.6 Å². The number of fused-ring (bicyclic) bond motifs is 2. The molecule has 192 valence electrons. The third-order valence-corrected chi connectivity index (χ3v) is 7.03. The largest absolute Gasteiger partial charge is 0.456 e. The van der Waals surface area contributed by atoms with Gasteiger partial charge in [0.2, 0.25) is 0 Å². The van der Waals surface area contributed by atoms with Crippen LogP contribution in [-0.2, 0) is 9.47 Å². The second-order valence-corrected chi connectivity index (χ2v) is 9.56. The van der Waals surface area contributed by atoms with Crippen LogP contribution >= 0.6 is 11.6 Å². The first-order valence-corrected chi connectivity index (χ1v) is 12.3. The summed E-state index contributed by atoms with van der Waals surface area (Å²) in [5.74, 6) is -0.212. The van der Waals surface area contributed by atoms with Gasteiger partial charge in [0.15, 0.2) is 17.6 Å². The van der Waals surface area contributed by atoms with E-state index >= 15 is 0 Å². The third kappa shape index (κ3) is 4.05. The molecule has 2 aliphatic rings. The maximum absolute atomic E-state index is 11.2. The molecule has 2 aliphatic heterocycles.